The molecule has 0 fully saturated rings. The highest BCUT2D eigenvalue weighted by Gasteiger charge is 2.20. The minimum Gasteiger partial charge on any atom is -0.496 e. The zero-order valence-corrected chi connectivity index (χ0v) is 10.9. The number of hydrazine groups is 1. The van der Waals surface area contributed by atoms with Gasteiger partial charge in [0.2, 0.25) is 0 Å². The van der Waals surface area contributed by atoms with E-state index in [1.165, 1.54) is 0 Å². The second-order valence-corrected chi connectivity index (χ2v) is 4.35. The number of benzene rings is 1. The molecule has 96 valence electrons. The van der Waals surface area contributed by atoms with Gasteiger partial charge in [-0.05, 0) is 37.1 Å². The van der Waals surface area contributed by atoms with Gasteiger partial charge in [0.25, 0.3) is 0 Å². The SMILES string of the molecule is COc1cc(C)cc(C)c1C(NN)c1ccoc1. The Morgan fingerprint density at radius 1 is 1.33 bits per heavy atom. The lowest BCUT2D eigenvalue weighted by Gasteiger charge is -2.21. The summed E-state index contributed by atoms with van der Waals surface area (Å²) < 4.78 is 10.6. The first-order valence-electron chi connectivity index (χ1n) is 5.80. The highest BCUT2D eigenvalue weighted by molar-refractivity contribution is 5.48. The molecule has 2 aromatic rings. The molecule has 0 bridgehead atoms. The number of methoxy groups -OCH3 is 1. The maximum Gasteiger partial charge on any atom is 0.124 e. The molecule has 2 rings (SSSR count). The maximum atomic E-state index is 5.68. The van der Waals surface area contributed by atoms with Crippen LogP contribution in [0.2, 0.25) is 0 Å². The molecule has 0 aliphatic heterocycles. The van der Waals surface area contributed by atoms with Crippen LogP contribution in [0, 0.1) is 13.8 Å². The molecule has 3 N–H and O–H groups in total. The Hall–Kier alpha value is -1.78. The molecule has 0 saturated heterocycles. The lowest BCUT2D eigenvalue weighted by atomic mass is 9.94. The second kappa shape index (κ2) is 5.25. The van der Waals surface area contributed by atoms with E-state index in [0.717, 1.165) is 28.0 Å². The number of ether oxygens (including phenoxy) is 1. The van der Waals surface area contributed by atoms with Crippen LogP contribution in [0.25, 0.3) is 0 Å². The van der Waals surface area contributed by atoms with Crippen LogP contribution in [-0.4, -0.2) is 7.11 Å². The first kappa shape index (κ1) is 12.7. The monoisotopic (exact) mass is 246 g/mol. The Bertz CT molecular complexity index is 521. The third-order valence-electron chi connectivity index (χ3n) is 3.05. The van der Waals surface area contributed by atoms with Crippen molar-refractivity contribution in [3.05, 3.63) is 53.0 Å². The van der Waals surface area contributed by atoms with Crippen LogP contribution in [0.4, 0.5) is 0 Å². The first-order valence-corrected chi connectivity index (χ1v) is 5.80. The molecule has 4 heteroatoms. The van der Waals surface area contributed by atoms with Gasteiger partial charge in [-0.15, -0.1) is 0 Å². The number of rotatable bonds is 4. The number of nitrogens with two attached hydrogens (primary N) is 1. The van der Waals surface area contributed by atoms with Gasteiger partial charge in [-0.25, -0.2) is 5.43 Å². The van der Waals surface area contributed by atoms with E-state index in [1.54, 1.807) is 19.6 Å². The van der Waals surface area contributed by atoms with Crippen molar-refractivity contribution < 1.29 is 9.15 Å². The van der Waals surface area contributed by atoms with Crippen LogP contribution >= 0.6 is 0 Å². The predicted molar refractivity (Wildman–Crippen MR) is 70.3 cm³/mol. The van der Waals surface area contributed by atoms with E-state index < -0.39 is 0 Å². The van der Waals surface area contributed by atoms with Gasteiger partial charge in [0, 0.05) is 11.1 Å². The van der Waals surface area contributed by atoms with Crippen LogP contribution in [0.5, 0.6) is 5.75 Å². The highest BCUT2D eigenvalue weighted by Crippen LogP contribution is 2.33. The Balaban J connectivity index is 2.55. The van der Waals surface area contributed by atoms with Crippen molar-refractivity contribution >= 4 is 0 Å². The first-order chi connectivity index (χ1) is 8.67. The van der Waals surface area contributed by atoms with Crippen LogP contribution in [-0.2, 0) is 0 Å². The lowest BCUT2D eigenvalue weighted by molar-refractivity contribution is 0.403. The molecule has 1 unspecified atom stereocenters. The van der Waals surface area contributed by atoms with Gasteiger partial charge in [0.1, 0.15) is 5.75 Å². The van der Waals surface area contributed by atoms with Crippen molar-refractivity contribution in [1.82, 2.24) is 5.43 Å². The van der Waals surface area contributed by atoms with Gasteiger partial charge in [-0.1, -0.05) is 6.07 Å². The van der Waals surface area contributed by atoms with Crippen molar-refractivity contribution in [3.63, 3.8) is 0 Å². The molecule has 0 radical (unpaired) electrons. The van der Waals surface area contributed by atoms with Gasteiger partial charge in [-0.3, -0.25) is 5.84 Å². The molecule has 4 nitrogen and oxygen atoms in total. The second-order valence-electron chi connectivity index (χ2n) is 4.35. The summed E-state index contributed by atoms with van der Waals surface area (Å²) in [6, 6.07) is 5.87. The minimum atomic E-state index is -0.140. The number of furan rings is 1. The van der Waals surface area contributed by atoms with Gasteiger partial charge >= 0.3 is 0 Å². The van der Waals surface area contributed by atoms with Gasteiger partial charge < -0.3 is 9.15 Å². The van der Waals surface area contributed by atoms with Crippen LogP contribution in [0.15, 0.2) is 35.1 Å². The Morgan fingerprint density at radius 2 is 2.11 bits per heavy atom. The fourth-order valence-electron chi connectivity index (χ4n) is 2.26. The van der Waals surface area contributed by atoms with Gasteiger partial charge in [-0.2, -0.15) is 0 Å². The normalized spacial score (nSPS) is 12.4. The molecule has 18 heavy (non-hydrogen) atoms. The van der Waals surface area contributed by atoms with Crippen LogP contribution in [0.1, 0.15) is 28.3 Å². The molecule has 1 aromatic heterocycles. The predicted octanol–water partition coefficient (Wildman–Crippen LogP) is 2.46. The van der Waals surface area contributed by atoms with Crippen LogP contribution in [0.3, 0.4) is 0 Å². The molecule has 0 spiro atoms. The third kappa shape index (κ3) is 2.25. The summed E-state index contributed by atoms with van der Waals surface area (Å²) in [7, 11) is 1.67. The van der Waals surface area contributed by atoms with E-state index in [0.29, 0.717) is 0 Å². The molecule has 1 aromatic carbocycles. The van der Waals surface area contributed by atoms with E-state index in [4.69, 9.17) is 15.0 Å². The topological polar surface area (TPSA) is 60.4 Å². The van der Waals surface area contributed by atoms with E-state index in [1.807, 2.05) is 19.1 Å². The number of hydrogen-bond acceptors (Lipinski definition) is 4. The summed E-state index contributed by atoms with van der Waals surface area (Å²) in [6.07, 6.45) is 3.32. The Morgan fingerprint density at radius 3 is 2.67 bits per heavy atom. The summed E-state index contributed by atoms with van der Waals surface area (Å²) in [5.74, 6) is 6.51. The summed E-state index contributed by atoms with van der Waals surface area (Å²) in [6.45, 7) is 4.09. The number of nitrogens with one attached hydrogen (secondary N) is 1. The smallest absolute Gasteiger partial charge is 0.124 e. The van der Waals surface area contributed by atoms with Crippen molar-refractivity contribution in [2.75, 3.05) is 7.11 Å². The minimum absolute atomic E-state index is 0.140. The molecular formula is C14H18N2O2. The molecule has 0 aliphatic rings. The summed E-state index contributed by atoms with van der Waals surface area (Å²) in [5.41, 5.74) is 7.12. The van der Waals surface area contributed by atoms with E-state index in [-0.39, 0.29) is 6.04 Å². The summed E-state index contributed by atoms with van der Waals surface area (Å²) in [5, 5.41) is 0. The van der Waals surface area contributed by atoms with Crippen molar-refractivity contribution in [3.8, 4) is 5.75 Å². The number of aryl methyl sites for hydroxylation is 2. The zero-order valence-electron chi connectivity index (χ0n) is 10.9. The fourth-order valence-corrected chi connectivity index (χ4v) is 2.26. The van der Waals surface area contributed by atoms with E-state index >= 15 is 0 Å². The van der Waals surface area contributed by atoms with Crippen molar-refractivity contribution in [2.24, 2.45) is 5.84 Å². The fraction of sp³-hybridized carbons (Fsp3) is 0.286. The molecule has 0 aliphatic carbocycles. The molecule has 0 amide bonds. The van der Waals surface area contributed by atoms with Crippen LogP contribution < -0.4 is 16.0 Å². The summed E-state index contributed by atoms with van der Waals surface area (Å²) in [4.78, 5) is 0. The van der Waals surface area contributed by atoms with E-state index in [9.17, 15) is 0 Å². The van der Waals surface area contributed by atoms with E-state index in [2.05, 4.69) is 18.4 Å². The quantitative estimate of drug-likeness (QED) is 0.642. The average molecular weight is 246 g/mol. The highest BCUT2D eigenvalue weighted by atomic mass is 16.5. The standard InChI is InChI=1S/C14H18N2O2/c1-9-6-10(2)13(12(7-9)17-3)14(16-15)11-4-5-18-8-11/h4-8,14,16H,15H2,1-3H3. The maximum absolute atomic E-state index is 5.68. The van der Waals surface area contributed by atoms with Gasteiger partial charge in [0.15, 0.2) is 0 Å². The Kier molecular flexibility index (Phi) is 3.69. The zero-order chi connectivity index (χ0) is 13.1. The largest absolute Gasteiger partial charge is 0.496 e. The summed E-state index contributed by atoms with van der Waals surface area (Å²) >= 11 is 0. The molecule has 1 atom stereocenters. The van der Waals surface area contributed by atoms with Gasteiger partial charge in [0.05, 0.1) is 25.7 Å². The van der Waals surface area contributed by atoms with Crippen molar-refractivity contribution in [1.29, 1.82) is 0 Å². The van der Waals surface area contributed by atoms with Crippen molar-refractivity contribution in [2.45, 2.75) is 19.9 Å². The molecule has 0 saturated carbocycles. The number of hydrogen-bond donors (Lipinski definition) is 2. The average Bonchev–Trinajstić information content (AvgIpc) is 2.85. The Labute approximate surface area is 107 Å². The molecule has 1 heterocycles. The third-order valence-corrected chi connectivity index (χ3v) is 3.05. The molecular weight excluding hydrogens is 228 g/mol. The lowest BCUT2D eigenvalue weighted by Crippen LogP contribution is -2.29.